The quantitative estimate of drug-likeness (QED) is 0.0271. The van der Waals surface area contributed by atoms with Crippen molar-refractivity contribution in [1.29, 1.82) is 0 Å². The summed E-state index contributed by atoms with van der Waals surface area (Å²) in [5.74, 6) is -1.83. The van der Waals surface area contributed by atoms with Gasteiger partial charge >= 0.3 is 11.9 Å². The van der Waals surface area contributed by atoms with E-state index in [0.717, 1.165) is 70.6 Å². The molecule has 0 aromatic carbocycles. The molecule has 0 N–H and O–H groups in total. The van der Waals surface area contributed by atoms with E-state index in [1.54, 1.807) is 21.1 Å². The Morgan fingerprint density at radius 2 is 1.02 bits per heavy atom. The predicted octanol–water partition coefficient (Wildman–Crippen LogP) is 10.0. The minimum absolute atomic E-state index is 0.0124. The Hall–Kier alpha value is -3.49. The van der Waals surface area contributed by atoms with Crippen LogP contribution in [-0.4, -0.2) is 75.5 Å². The first-order valence-corrected chi connectivity index (χ1v) is 21.2. The van der Waals surface area contributed by atoms with E-state index in [1.807, 2.05) is 36.5 Å². The third-order valence-corrected chi connectivity index (χ3v) is 8.92. The van der Waals surface area contributed by atoms with E-state index in [2.05, 4.69) is 62.5 Å². The summed E-state index contributed by atoms with van der Waals surface area (Å²) in [6.45, 7) is 4.41. The molecule has 55 heavy (non-hydrogen) atoms. The number of hydrogen-bond acceptors (Lipinski definition) is 7. The highest BCUT2D eigenvalue weighted by atomic mass is 16.6. The fraction of sp³-hybridized carbons (Fsp3) is 0.638. The first kappa shape index (κ1) is 51.5. The first-order chi connectivity index (χ1) is 26.6. The number of likely N-dealkylation sites (N-methyl/N-ethyl adjacent to an activating group) is 1. The summed E-state index contributed by atoms with van der Waals surface area (Å²) in [6.07, 6.45) is 47.5. The number of carbonyl (C=O) groups is 3. The van der Waals surface area contributed by atoms with Gasteiger partial charge in [-0.25, -0.2) is 0 Å². The number of allylic oxidation sites excluding steroid dienone is 14. The molecule has 0 bridgehead atoms. The Bertz CT molecular complexity index is 1170. The van der Waals surface area contributed by atoms with Crippen LogP contribution in [-0.2, 0) is 28.6 Å². The van der Waals surface area contributed by atoms with Gasteiger partial charge in [-0.05, 0) is 57.8 Å². The van der Waals surface area contributed by atoms with Gasteiger partial charge in [0.2, 0.25) is 0 Å². The van der Waals surface area contributed by atoms with Crippen molar-refractivity contribution < 1.29 is 38.2 Å². The SMILES string of the molecule is CC/C=C/C=C/C=C/C=C/CCCCCC(=O)OC(COCCC(C(=O)[O-])[N+](C)(C)C)COC(=O)CCCCCCC/C=C/C=C/C=C/CCCCCCC. The van der Waals surface area contributed by atoms with E-state index < -0.39 is 18.1 Å². The van der Waals surface area contributed by atoms with Crippen LogP contribution in [0.1, 0.15) is 142 Å². The lowest BCUT2D eigenvalue weighted by atomic mass is 10.1. The highest BCUT2D eigenvalue weighted by molar-refractivity contribution is 5.70. The number of rotatable bonds is 36. The molecule has 0 aliphatic rings. The Labute approximate surface area is 335 Å². The summed E-state index contributed by atoms with van der Waals surface area (Å²) in [4.78, 5) is 36.8. The van der Waals surface area contributed by atoms with Crippen LogP contribution in [0, 0.1) is 0 Å². The van der Waals surface area contributed by atoms with Gasteiger partial charge in [-0.3, -0.25) is 9.59 Å². The summed E-state index contributed by atoms with van der Waals surface area (Å²) < 4.78 is 17.1. The molecule has 0 aliphatic carbocycles. The number of carbonyl (C=O) groups excluding carboxylic acids is 3. The Morgan fingerprint density at radius 1 is 0.564 bits per heavy atom. The lowest BCUT2D eigenvalue weighted by Gasteiger charge is -2.34. The van der Waals surface area contributed by atoms with E-state index in [4.69, 9.17) is 14.2 Å². The van der Waals surface area contributed by atoms with Crippen molar-refractivity contribution >= 4 is 17.9 Å². The van der Waals surface area contributed by atoms with Gasteiger partial charge in [-0.1, -0.05) is 150 Å². The molecule has 0 aliphatic heterocycles. The number of aliphatic carboxylic acids is 1. The van der Waals surface area contributed by atoms with E-state index >= 15 is 0 Å². The molecule has 312 valence electrons. The van der Waals surface area contributed by atoms with Gasteiger partial charge in [-0.15, -0.1) is 0 Å². The standard InChI is InChI=1S/C47H77NO7/c1-6-8-10-12-14-16-18-20-21-22-23-24-26-27-29-31-33-35-37-45(49)54-42-43(41-53-40-39-44(47(51)52)48(3,4)5)55-46(50)38-36-34-32-30-28-25-19-17-15-13-11-9-7-2/h9,11,13,15,17-25,28,43-44H,6-8,10,12,14,16,26-27,29-42H2,1-5H3/b11-9+,15-13+,19-17+,20-18+,22-21+,24-23+,28-25+. The summed E-state index contributed by atoms with van der Waals surface area (Å²) in [5.41, 5.74) is 0. The Morgan fingerprint density at radius 3 is 1.53 bits per heavy atom. The second-order valence-corrected chi connectivity index (χ2v) is 15.0. The molecule has 2 atom stereocenters. The monoisotopic (exact) mass is 768 g/mol. The molecule has 0 saturated carbocycles. The average molecular weight is 768 g/mol. The van der Waals surface area contributed by atoms with Gasteiger partial charge in [0, 0.05) is 19.3 Å². The number of nitrogens with zero attached hydrogens (tertiary/aromatic N) is 1. The maximum absolute atomic E-state index is 12.7. The van der Waals surface area contributed by atoms with E-state index in [0.29, 0.717) is 12.8 Å². The molecule has 8 heteroatoms. The average Bonchev–Trinajstić information content (AvgIpc) is 3.14. The summed E-state index contributed by atoms with van der Waals surface area (Å²) in [7, 11) is 5.37. The Kier molecular flexibility index (Phi) is 35.1. The van der Waals surface area contributed by atoms with Gasteiger partial charge in [-0.2, -0.15) is 0 Å². The zero-order chi connectivity index (χ0) is 40.7. The van der Waals surface area contributed by atoms with Crippen LogP contribution < -0.4 is 5.11 Å². The van der Waals surface area contributed by atoms with Crippen LogP contribution in [0.15, 0.2) is 85.1 Å². The number of carboxylic acid groups (broad SMARTS) is 1. The zero-order valence-corrected chi connectivity index (χ0v) is 35.3. The molecular weight excluding hydrogens is 691 g/mol. The molecule has 0 rings (SSSR count). The van der Waals surface area contributed by atoms with Crippen molar-refractivity contribution in [2.45, 2.75) is 154 Å². The molecule has 0 heterocycles. The molecule has 0 saturated heterocycles. The van der Waals surface area contributed by atoms with Crippen LogP contribution in [0.25, 0.3) is 0 Å². The zero-order valence-electron chi connectivity index (χ0n) is 35.3. The minimum Gasteiger partial charge on any atom is -0.544 e. The second-order valence-electron chi connectivity index (χ2n) is 15.0. The number of unbranched alkanes of at least 4 members (excludes halogenated alkanes) is 13. The van der Waals surface area contributed by atoms with Crippen molar-refractivity contribution in [2.24, 2.45) is 0 Å². The highest BCUT2D eigenvalue weighted by Crippen LogP contribution is 2.12. The Balaban J connectivity index is 4.47. The molecule has 0 aromatic rings. The van der Waals surface area contributed by atoms with Gasteiger partial charge in [0.1, 0.15) is 12.6 Å². The van der Waals surface area contributed by atoms with Crippen molar-refractivity contribution in [3.63, 3.8) is 0 Å². The normalized spacial score (nSPS) is 13.8. The number of esters is 2. The van der Waals surface area contributed by atoms with Crippen molar-refractivity contribution in [3.05, 3.63) is 85.1 Å². The van der Waals surface area contributed by atoms with E-state index in [1.165, 1.54) is 32.1 Å². The number of hydrogen-bond donors (Lipinski definition) is 0. The van der Waals surface area contributed by atoms with E-state index in [9.17, 15) is 19.5 Å². The summed E-state index contributed by atoms with van der Waals surface area (Å²) >= 11 is 0. The topological polar surface area (TPSA) is 102 Å². The second kappa shape index (κ2) is 37.4. The maximum atomic E-state index is 12.7. The third kappa shape index (κ3) is 35.9. The third-order valence-electron chi connectivity index (χ3n) is 8.92. The largest absolute Gasteiger partial charge is 0.544 e. The maximum Gasteiger partial charge on any atom is 0.306 e. The lowest BCUT2D eigenvalue weighted by molar-refractivity contribution is -0.889. The fourth-order valence-electron chi connectivity index (χ4n) is 5.61. The lowest BCUT2D eigenvalue weighted by Crippen LogP contribution is -2.55. The van der Waals surface area contributed by atoms with Gasteiger partial charge in [0.15, 0.2) is 6.10 Å². The first-order valence-electron chi connectivity index (χ1n) is 21.2. The molecule has 0 radical (unpaired) electrons. The molecule has 0 fully saturated rings. The molecule has 2 unspecified atom stereocenters. The fourth-order valence-corrected chi connectivity index (χ4v) is 5.61. The van der Waals surface area contributed by atoms with Crippen LogP contribution in [0.3, 0.4) is 0 Å². The molecule has 0 amide bonds. The van der Waals surface area contributed by atoms with Crippen molar-refractivity contribution in [1.82, 2.24) is 0 Å². The van der Waals surface area contributed by atoms with Gasteiger partial charge in [0.05, 0.1) is 40.3 Å². The van der Waals surface area contributed by atoms with Crippen LogP contribution in [0.4, 0.5) is 0 Å². The van der Waals surface area contributed by atoms with E-state index in [-0.39, 0.29) is 49.1 Å². The summed E-state index contributed by atoms with van der Waals surface area (Å²) in [5, 5.41) is 11.6. The molecule has 0 aromatic heterocycles. The van der Waals surface area contributed by atoms with Crippen molar-refractivity contribution in [3.8, 4) is 0 Å². The van der Waals surface area contributed by atoms with Gasteiger partial charge in [0.25, 0.3) is 0 Å². The number of ether oxygens (including phenoxy) is 3. The molecule has 0 spiro atoms. The minimum atomic E-state index is -1.14. The number of quaternary nitrogens is 1. The van der Waals surface area contributed by atoms with Gasteiger partial charge < -0.3 is 28.6 Å². The molecular formula is C47H77NO7. The summed E-state index contributed by atoms with van der Waals surface area (Å²) in [6, 6.07) is -0.741. The predicted molar refractivity (Wildman–Crippen MR) is 226 cm³/mol. The van der Waals surface area contributed by atoms with Crippen LogP contribution in [0.2, 0.25) is 0 Å². The number of carboxylic acids is 1. The van der Waals surface area contributed by atoms with Crippen molar-refractivity contribution in [2.75, 3.05) is 41.0 Å². The van der Waals surface area contributed by atoms with Crippen LogP contribution >= 0.6 is 0 Å². The van der Waals surface area contributed by atoms with Crippen LogP contribution in [0.5, 0.6) is 0 Å². The highest BCUT2D eigenvalue weighted by Gasteiger charge is 2.25. The smallest absolute Gasteiger partial charge is 0.306 e. The molecule has 8 nitrogen and oxygen atoms in total.